The van der Waals surface area contributed by atoms with Crippen molar-refractivity contribution in [2.24, 2.45) is 0 Å². The number of hydrogen-bond donors (Lipinski definition) is 0. The highest BCUT2D eigenvalue weighted by molar-refractivity contribution is 7.98. The first-order valence-corrected chi connectivity index (χ1v) is 10.2. The van der Waals surface area contributed by atoms with E-state index in [0.717, 1.165) is 48.6 Å². The lowest BCUT2D eigenvalue weighted by Gasteiger charge is -2.36. The molecule has 0 aromatic carbocycles. The summed E-state index contributed by atoms with van der Waals surface area (Å²) in [7, 11) is 0. The van der Waals surface area contributed by atoms with E-state index in [1.54, 1.807) is 11.8 Å². The highest BCUT2D eigenvalue weighted by atomic mass is 32.2. The van der Waals surface area contributed by atoms with E-state index in [1.807, 2.05) is 35.4 Å². The van der Waals surface area contributed by atoms with Gasteiger partial charge in [0.25, 0.3) is 0 Å². The molecule has 4 heterocycles. The van der Waals surface area contributed by atoms with Crippen molar-refractivity contribution in [3.05, 3.63) is 36.5 Å². The molecule has 8 heteroatoms. The van der Waals surface area contributed by atoms with Crippen LogP contribution in [0.15, 0.2) is 36.0 Å². The fourth-order valence-corrected chi connectivity index (χ4v) is 3.86. The number of fused-ring (bicyclic) bond motifs is 1. The summed E-state index contributed by atoms with van der Waals surface area (Å²) in [5.41, 5.74) is 2.13. The van der Waals surface area contributed by atoms with Crippen LogP contribution >= 0.6 is 11.8 Å². The van der Waals surface area contributed by atoms with Crippen molar-refractivity contribution in [3.63, 3.8) is 0 Å². The molecule has 3 aromatic rings. The normalized spacial score (nSPS) is 17.9. The van der Waals surface area contributed by atoms with Gasteiger partial charge in [-0.15, -0.1) is 0 Å². The fourth-order valence-electron chi connectivity index (χ4n) is 3.48. The van der Waals surface area contributed by atoms with Crippen LogP contribution in [0.1, 0.15) is 24.5 Å². The third-order valence-electron chi connectivity index (χ3n) is 5.09. The van der Waals surface area contributed by atoms with E-state index < -0.39 is 0 Å². The van der Waals surface area contributed by atoms with Gasteiger partial charge in [0, 0.05) is 63.0 Å². The average Bonchev–Trinajstić information content (AvgIpc) is 3.44. The predicted molar refractivity (Wildman–Crippen MR) is 103 cm³/mol. The molecule has 0 amide bonds. The zero-order valence-electron chi connectivity index (χ0n) is 14.7. The Bertz CT molecular complexity index is 928. The average molecular weight is 367 g/mol. The van der Waals surface area contributed by atoms with E-state index in [2.05, 4.69) is 25.8 Å². The summed E-state index contributed by atoms with van der Waals surface area (Å²) < 4.78 is 2.02. The Hall–Kier alpha value is -2.35. The Morgan fingerprint density at radius 3 is 2.42 bits per heavy atom. The van der Waals surface area contributed by atoms with E-state index in [4.69, 9.17) is 9.97 Å². The SMILES string of the molecule is CSc1nc(C2CC2)cc(N2CCN(c3nccn4ccnc34)CC2)n1. The third kappa shape index (κ3) is 2.88. The summed E-state index contributed by atoms with van der Waals surface area (Å²) in [6, 6.07) is 2.20. The van der Waals surface area contributed by atoms with Gasteiger partial charge in [-0.1, -0.05) is 11.8 Å². The lowest BCUT2D eigenvalue weighted by molar-refractivity contribution is 0.636. The molecule has 26 heavy (non-hydrogen) atoms. The molecular formula is C18H21N7S. The van der Waals surface area contributed by atoms with Crippen molar-refractivity contribution < 1.29 is 0 Å². The van der Waals surface area contributed by atoms with Crippen LogP contribution in [0.5, 0.6) is 0 Å². The molecule has 0 radical (unpaired) electrons. The van der Waals surface area contributed by atoms with Crippen molar-refractivity contribution in [3.8, 4) is 0 Å². The highest BCUT2D eigenvalue weighted by Crippen LogP contribution is 2.40. The molecule has 1 aliphatic carbocycles. The maximum absolute atomic E-state index is 4.75. The van der Waals surface area contributed by atoms with Gasteiger partial charge in [-0.25, -0.2) is 19.9 Å². The quantitative estimate of drug-likeness (QED) is 0.518. The van der Waals surface area contributed by atoms with Crippen molar-refractivity contribution in [1.29, 1.82) is 0 Å². The number of anilines is 2. The lowest BCUT2D eigenvalue weighted by atomic mass is 10.2. The largest absolute Gasteiger partial charge is 0.353 e. The summed E-state index contributed by atoms with van der Waals surface area (Å²) in [5, 5.41) is 0.885. The van der Waals surface area contributed by atoms with E-state index in [9.17, 15) is 0 Å². The van der Waals surface area contributed by atoms with E-state index in [0.29, 0.717) is 5.92 Å². The molecule has 0 N–H and O–H groups in total. The van der Waals surface area contributed by atoms with Gasteiger partial charge in [-0.3, -0.25) is 0 Å². The van der Waals surface area contributed by atoms with E-state index >= 15 is 0 Å². The number of imidazole rings is 1. The smallest absolute Gasteiger partial charge is 0.189 e. The Kier molecular flexibility index (Phi) is 3.92. The van der Waals surface area contributed by atoms with Gasteiger partial charge in [-0.05, 0) is 19.1 Å². The first kappa shape index (κ1) is 15.9. The number of rotatable bonds is 4. The third-order valence-corrected chi connectivity index (χ3v) is 5.63. The maximum Gasteiger partial charge on any atom is 0.189 e. The first-order chi connectivity index (χ1) is 12.8. The number of nitrogens with zero attached hydrogens (tertiary/aromatic N) is 7. The second kappa shape index (κ2) is 6.42. The van der Waals surface area contributed by atoms with Crippen LogP contribution < -0.4 is 9.80 Å². The molecule has 1 saturated heterocycles. The molecule has 3 aromatic heterocycles. The molecule has 0 spiro atoms. The summed E-state index contributed by atoms with van der Waals surface area (Å²) in [5.74, 6) is 2.67. The predicted octanol–water partition coefficient (Wildman–Crippen LogP) is 2.45. The van der Waals surface area contributed by atoms with Crippen LogP contribution in [0, 0.1) is 0 Å². The molecule has 0 atom stereocenters. The van der Waals surface area contributed by atoms with Gasteiger partial charge in [-0.2, -0.15) is 0 Å². The Morgan fingerprint density at radius 2 is 1.69 bits per heavy atom. The molecule has 7 nitrogen and oxygen atoms in total. The molecule has 0 bridgehead atoms. The van der Waals surface area contributed by atoms with Gasteiger partial charge in [0.15, 0.2) is 16.6 Å². The Morgan fingerprint density at radius 1 is 0.962 bits per heavy atom. The summed E-state index contributed by atoms with van der Waals surface area (Å²) in [4.78, 5) is 23.2. The van der Waals surface area contributed by atoms with Crippen LogP contribution in [0.3, 0.4) is 0 Å². The zero-order valence-corrected chi connectivity index (χ0v) is 15.6. The molecule has 0 unspecified atom stereocenters. The van der Waals surface area contributed by atoms with Crippen LogP contribution in [0.2, 0.25) is 0 Å². The van der Waals surface area contributed by atoms with E-state index in [1.165, 1.54) is 18.5 Å². The standard InChI is InChI=1S/C18H21N7S/c1-26-18-21-14(13-2-3-13)12-15(22-18)23-8-10-25(11-9-23)17-16-19-4-6-24(16)7-5-20-17/h4-7,12-13H,2-3,8-11H2,1H3. The van der Waals surface area contributed by atoms with Crippen molar-refractivity contribution in [2.75, 3.05) is 42.2 Å². The first-order valence-electron chi connectivity index (χ1n) is 9.02. The van der Waals surface area contributed by atoms with Crippen LogP contribution in [-0.4, -0.2) is 56.8 Å². The molecular weight excluding hydrogens is 346 g/mol. The topological polar surface area (TPSA) is 62.5 Å². The van der Waals surface area contributed by atoms with Crippen molar-refractivity contribution in [2.45, 2.75) is 23.9 Å². The van der Waals surface area contributed by atoms with Crippen LogP contribution in [-0.2, 0) is 0 Å². The summed E-state index contributed by atoms with van der Waals surface area (Å²) in [6.45, 7) is 3.69. The maximum atomic E-state index is 4.75. The fraction of sp³-hybridized carbons (Fsp3) is 0.444. The molecule has 5 rings (SSSR count). The van der Waals surface area contributed by atoms with Gasteiger partial charge in [0.05, 0.1) is 5.69 Å². The number of thioether (sulfide) groups is 1. The van der Waals surface area contributed by atoms with Crippen LogP contribution in [0.4, 0.5) is 11.6 Å². The lowest BCUT2D eigenvalue weighted by Crippen LogP contribution is -2.47. The Labute approximate surface area is 156 Å². The minimum Gasteiger partial charge on any atom is -0.353 e. The minimum atomic E-state index is 0.645. The number of piperazine rings is 1. The highest BCUT2D eigenvalue weighted by Gasteiger charge is 2.28. The molecule has 1 saturated carbocycles. The Balaban J connectivity index is 1.36. The summed E-state index contributed by atoms with van der Waals surface area (Å²) >= 11 is 1.63. The van der Waals surface area contributed by atoms with Gasteiger partial charge < -0.3 is 14.2 Å². The van der Waals surface area contributed by atoms with Gasteiger partial charge >= 0.3 is 0 Å². The molecule has 2 aliphatic rings. The monoisotopic (exact) mass is 367 g/mol. The van der Waals surface area contributed by atoms with Crippen LogP contribution in [0.25, 0.3) is 5.65 Å². The number of hydrogen-bond acceptors (Lipinski definition) is 7. The van der Waals surface area contributed by atoms with E-state index in [-0.39, 0.29) is 0 Å². The second-order valence-electron chi connectivity index (χ2n) is 6.80. The second-order valence-corrected chi connectivity index (χ2v) is 7.57. The number of aromatic nitrogens is 5. The van der Waals surface area contributed by atoms with Crippen molar-refractivity contribution >= 4 is 29.0 Å². The molecule has 1 aliphatic heterocycles. The zero-order chi connectivity index (χ0) is 17.5. The molecule has 2 fully saturated rings. The molecule has 134 valence electrons. The van der Waals surface area contributed by atoms with Gasteiger partial charge in [0.1, 0.15) is 5.82 Å². The van der Waals surface area contributed by atoms with Gasteiger partial charge in [0.2, 0.25) is 0 Å². The minimum absolute atomic E-state index is 0.645. The summed E-state index contributed by atoms with van der Waals surface area (Å²) in [6.07, 6.45) is 12.1. The van der Waals surface area contributed by atoms with Crippen molar-refractivity contribution in [1.82, 2.24) is 24.3 Å².